The van der Waals surface area contributed by atoms with Gasteiger partial charge in [0.1, 0.15) is 24.7 Å². The third-order valence-corrected chi connectivity index (χ3v) is 4.11. The molecule has 3 rings (SSSR count). The molecular formula is C21H21NO3. The first-order valence-corrected chi connectivity index (χ1v) is 8.21. The average Bonchev–Trinajstić information content (AvgIpc) is 2.62. The molecule has 4 nitrogen and oxygen atoms in total. The first-order valence-electron chi connectivity index (χ1n) is 8.21. The van der Waals surface area contributed by atoms with Crippen molar-refractivity contribution < 1.29 is 14.7 Å². The maximum atomic E-state index is 8.97. The van der Waals surface area contributed by atoms with E-state index in [1.54, 1.807) is 0 Å². The van der Waals surface area contributed by atoms with Gasteiger partial charge in [0.2, 0.25) is 0 Å². The smallest absolute Gasteiger partial charge is 0.129 e. The van der Waals surface area contributed by atoms with E-state index < -0.39 is 0 Å². The van der Waals surface area contributed by atoms with Crippen LogP contribution in [0.2, 0.25) is 0 Å². The standard InChI is InChI=1S/C21H21NO3/c1-15-6-5-7-16(2)21(15)25-13-12-24-20-11-10-17-8-3-4-9-18(17)19(20)14-22-23/h3-11,14,23H,12-13H2,1-2H3. The molecule has 0 saturated heterocycles. The number of hydrogen-bond acceptors (Lipinski definition) is 4. The van der Waals surface area contributed by atoms with Gasteiger partial charge in [0.25, 0.3) is 0 Å². The minimum atomic E-state index is 0.401. The van der Waals surface area contributed by atoms with E-state index in [0.29, 0.717) is 19.0 Å². The zero-order valence-electron chi connectivity index (χ0n) is 14.4. The van der Waals surface area contributed by atoms with Gasteiger partial charge < -0.3 is 14.7 Å². The fraction of sp³-hybridized carbons (Fsp3) is 0.190. The third-order valence-electron chi connectivity index (χ3n) is 4.11. The van der Waals surface area contributed by atoms with Crippen molar-refractivity contribution in [3.05, 3.63) is 71.3 Å². The Kier molecular flexibility index (Phi) is 5.19. The highest BCUT2D eigenvalue weighted by Crippen LogP contribution is 2.27. The molecule has 0 heterocycles. The van der Waals surface area contributed by atoms with Crippen molar-refractivity contribution in [1.82, 2.24) is 0 Å². The molecular weight excluding hydrogens is 314 g/mol. The van der Waals surface area contributed by atoms with E-state index in [1.165, 1.54) is 6.21 Å². The van der Waals surface area contributed by atoms with Crippen LogP contribution in [0, 0.1) is 13.8 Å². The fourth-order valence-electron chi connectivity index (χ4n) is 2.91. The molecule has 0 radical (unpaired) electrons. The lowest BCUT2D eigenvalue weighted by Gasteiger charge is -2.14. The van der Waals surface area contributed by atoms with Crippen LogP contribution in [-0.2, 0) is 0 Å². The Labute approximate surface area is 147 Å². The normalized spacial score (nSPS) is 11.1. The molecule has 0 spiro atoms. The summed E-state index contributed by atoms with van der Waals surface area (Å²) in [5.74, 6) is 1.57. The molecule has 0 aromatic heterocycles. The molecule has 25 heavy (non-hydrogen) atoms. The molecule has 0 bridgehead atoms. The second-order valence-electron chi connectivity index (χ2n) is 5.86. The van der Waals surface area contributed by atoms with Crippen LogP contribution < -0.4 is 9.47 Å². The highest BCUT2D eigenvalue weighted by molar-refractivity contribution is 6.02. The lowest BCUT2D eigenvalue weighted by atomic mass is 10.0. The summed E-state index contributed by atoms with van der Waals surface area (Å²) in [6, 6.07) is 17.9. The highest BCUT2D eigenvalue weighted by atomic mass is 16.5. The molecule has 0 fully saturated rings. The van der Waals surface area contributed by atoms with E-state index in [4.69, 9.17) is 14.7 Å². The largest absolute Gasteiger partial charge is 0.489 e. The number of ether oxygens (including phenoxy) is 2. The number of fused-ring (bicyclic) bond motifs is 1. The number of para-hydroxylation sites is 1. The van der Waals surface area contributed by atoms with Gasteiger partial charge in [0, 0.05) is 5.56 Å². The molecule has 0 saturated carbocycles. The van der Waals surface area contributed by atoms with Crippen LogP contribution in [-0.4, -0.2) is 24.6 Å². The molecule has 4 heteroatoms. The van der Waals surface area contributed by atoms with Crippen molar-refractivity contribution in [1.29, 1.82) is 0 Å². The molecule has 0 aliphatic rings. The number of oxime groups is 1. The van der Waals surface area contributed by atoms with Gasteiger partial charge in [-0.3, -0.25) is 0 Å². The molecule has 3 aromatic rings. The summed E-state index contributed by atoms with van der Waals surface area (Å²) >= 11 is 0. The monoisotopic (exact) mass is 335 g/mol. The molecule has 128 valence electrons. The quantitative estimate of drug-likeness (QED) is 0.307. The molecule has 1 N–H and O–H groups in total. The summed E-state index contributed by atoms with van der Waals surface area (Å²) < 4.78 is 11.7. The van der Waals surface area contributed by atoms with Gasteiger partial charge in [-0.15, -0.1) is 0 Å². The van der Waals surface area contributed by atoms with Gasteiger partial charge in [0.15, 0.2) is 0 Å². The van der Waals surface area contributed by atoms with E-state index in [-0.39, 0.29) is 0 Å². The Morgan fingerprint density at radius 1 is 0.880 bits per heavy atom. The Morgan fingerprint density at radius 3 is 2.36 bits per heavy atom. The predicted molar refractivity (Wildman–Crippen MR) is 100 cm³/mol. The predicted octanol–water partition coefficient (Wildman–Crippen LogP) is 4.72. The Balaban J connectivity index is 1.72. The van der Waals surface area contributed by atoms with Crippen molar-refractivity contribution in [3.8, 4) is 11.5 Å². The van der Waals surface area contributed by atoms with Crippen LogP contribution in [0.3, 0.4) is 0 Å². The van der Waals surface area contributed by atoms with Gasteiger partial charge in [0.05, 0.1) is 6.21 Å². The SMILES string of the molecule is Cc1cccc(C)c1OCCOc1ccc2ccccc2c1C=NO. The van der Waals surface area contributed by atoms with Crippen LogP contribution in [0.25, 0.3) is 10.8 Å². The summed E-state index contributed by atoms with van der Waals surface area (Å²) in [6.45, 7) is 4.90. The van der Waals surface area contributed by atoms with Crippen LogP contribution in [0.1, 0.15) is 16.7 Å². The zero-order chi connectivity index (χ0) is 17.6. The number of aryl methyl sites for hydroxylation is 2. The molecule has 0 aliphatic carbocycles. The van der Waals surface area contributed by atoms with Crippen molar-refractivity contribution >= 4 is 17.0 Å². The average molecular weight is 335 g/mol. The lowest BCUT2D eigenvalue weighted by Crippen LogP contribution is -2.11. The number of benzene rings is 3. The van der Waals surface area contributed by atoms with Crippen LogP contribution in [0.4, 0.5) is 0 Å². The van der Waals surface area contributed by atoms with Gasteiger partial charge in [-0.1, -0.05) is 53.7 Å². The van der Waals surface area contributed by atoms with Crippen LogP contribution >= 0.6 is 0 Å². The van der Waals surface area contributed by atoms with E-state index in [9.17, 15) is 0 Å². The van der Waals surface area contributed by atoms with Gasteiger partial charge in [-0.25, -0.2) is 0 Å². The first-order chi connectivity index (χ1) is 12.2. The Morgan fingerprint density at radius 2 is 1.60 bits per heavy atom. The highest BCUT2D eigenvalue weighted by Gasteiger charge is 2.08. The molecule has 0 atom stereocenters. The molecule has 0 unspecified atom stereocenters. The van der Waals surface area contributed by atoms with Crippen molar-refractivity contribution in [2.24, 2.45) is 5.16 Å². The van der Waals surface area contributed by atoms with Crippen LogP contribution in [0.5, 0.6) is 11.5 Å². The molecule has 3 aromatic carbocycles. The van der Waals surface area contributed by atoms with Gasteiger partial charge >= 0.3 is 0 Å². The number of rotatable bonds is 6. The van der Waals surface area contributed by atoms with E-state index in [0.717, 1.165) is 33.2 Å². The topological polar surface area (TPSA) is 51.0 Å². The summed E-state index contributed by atoms with van der Waals surface area (Å²) in [7, 11) is 0. The molecule has 0 aliphatic heterocycles. The Hall–Kier alpha value is -3.01. The van der Waals surface area contributed by atoms with Crippen molar-refractivity contribution in [3.63, 3.8) is 0 Å². The minimum absolute atomic E-state index is 0.401. The number of nitrogens with zero attached hydrogens (tertiary/aromatic N) is 1. The first kappa shape index (κ1) is 16.8. The van der Waals surface area contributed by atoms with Crippen molar-refractivity contribution in [2.75, 3.05) is 13.2 Å². The summed E-state index contributed by atoms with van der Waals surface area (Å²) in [5.41, 5.74) is 2.98. The van der Waals surface area contributed by atoms with Crippen molar-refractivity contribution in [2.45, 2.75) is 13.8 Å². The summed E-state index contributed by atoms with van der Waals surface area (Å²) in [5, 5.41) is 14.2. The zero-order valence-corrected chi connectivity index (χ0v) is 14.4. The summed E-state index contributed by atoms with van der Waals surface area (Å²) in [6.07, 6.45) is 1.41. The second-order valence-corrected chi connectivity index (χ2v) is 5.86. The maximum absolute atomic E-state index is 8.97. The molecule has 0 amide bonds. The minimum Gasteiger partial charge on any atom is -0.489 e. The van der Waals surface area contributed by atoms with E-state index in [1.807, 2.05) is 68.4 Å². The van der Waals surface area contributed by atoms with E-state index in [2.05, 4.69) is 5.16 Å². The van der Waals surface area contributed by atoms with Gasteiger partial charge in [-0.2, -0.15) is 0 Å². The Bertz CT molecular complexity index is 883. The fourth-order valence-corrected chi connectivity index (χ4v) is 2.91. The maximum Gasteiger partial charge on any atom is 0.129 e. The number of hydrogen-bond donors (Lipinski definition) is 1. The summed E-state index contributed by atoms with van der Waals surface area (Å²) in [4.78, 5) is 0. The third kappa shape index (κ3) is 3.74. The van der Waals surface area contributed by atoms with E-state index >= 15 is 0 Å². The second kappa shape index (κ2) is 7.71. The lowest BCUT2D eigenvalue weighted by molar-refractivity contribution is 0.215. The van der Waals surface area contributed by atoms with Gasteiger partial charge in [-0.05, 0) is 41.8 Å². The van der Waals surface area contributed by atoms with Crippen LogP contribution in [0.15, 0.2) is 59.8 Å².